The molecular weight excluding hydrogens is 195 g/mol. The summed E-state index contributed by atoms with van der Waals surface area (Å²) in [6, 6.07) is 5.37. The van der Waals surface area contributed by atoms with Gasteiger partial charge in [-0.25, -0.2) is 4.39 Å². The smallest absolute Gasteiger partial charge is 0.229 e. The van der Waals surface area contributed by atoms with Crippen molar-refractivity contribution in [2.45, 2.75) is 13.6 Å². The number of nitrogens with zero attached hydrogens (tertiary/aromatic N) is 1. The highest BCUT2D eigenvalue weighted by molar-refractivity contribution is 5.74. The summed E-state index contributed by atoms with van der Waals surface area (Å²) in [7, 11) is 0. The highest BCUT2D eigenvalue weighted by atomic mass is 19.1. The predicted octanol–water partition coefficient (Wildman–Crippen LogP) is 2.70. The Morgan fingerprint density at radius 2 is 2.20 bits per heavy atom. The van der Waals surface area contributed by atoms with Crippen molar-refractivity contribution in [1.29, 1.82) is 0 Å². The van der Waals surface area contributed by atoms with Crippen LogP contribution in [0.1, 0.15) is 11.1 Å². The van der Waals surface area contributed by atoms with Crippen molar-refractivity contribution in [3.05, 3.63) is 35.5 Å². The second-order valence-electron chi connectivity index (χ2n) is 3.39. The number of anilines is 1. The van der Waals surface area contributed by atoms with Gasteiger partial charge < -0.3 is 10.3 Å². The van der Waals surface area contributed by atoms with Crippen molar-refractivity contribution in [3.63, 3.8) is 0 Å². The summed E-state index contributed by atoms with van der Waals surface area (Å²) in [6.45, 7) is 1.45. The number of halogens is 1. The summed E-state index contributed by atoms with van der Waals surface area (Å²) in [5.41, 5.74) is 8.82. The number of aromatic nitrogens is 1. The number of nitrogens with two attached hydrogens (primary N) is 1. The van der Waals surface area contributed by atoms with Gasteiger partial charge in [-0.1, -0.05) is 17.3 Å². The summed E-state index contributed by atoms with van der Waals surface area (Å²) in [5, 5.41) is 3.60. The maximum Gasteiger partial charge on any atom is 0.229 e. The van der Waals surface area contributed by atoms with Crippen LogP contribution >= 0.6 is 0 Å². The molecular formula is C11H11FN2O. The van der Waals surface area contributed by atoms with E-state index in [1.807, 2.05) is 13.0 Å². The van der Waals surface area contributed by atoms with Crippen molar-refractivity contribution in [2.24, 2.45) is 0 Å². The molecule has 0 saturated carbocycles. The van der Waals surface area contributed by atoms with Gasteiger partial charge in [0, 0.05) is 0 Å². The maximum absolute atomic E-state index is 12.5. The quantitative estimate of drug-likeness (QED) is 0.821. The minimum Gasteiger partial charge on any atom is -0.367 e. The van der Waals surface area contributed by atoms with E-state index < -0.39 is 6.67 Å². The average molecular weight is 206 g/mol. The second kappa shape index (κ2) is 3.73. The van der Waals surface area contributed by atoms with Gasteiger partial charge in [0.05, 0.1) is 11.8 Å². The average Bonchev–Trinajstić information content (AvgIpc) is 2.65. The molecule has 0 fully saturated rings. The first-order chi connectivity index (χ1) is 7.22. The highest BCUT2D eigenvalue weighted by Crippen LogP contribution is 2.29. The van der Waals surface area contributed by atoms with Crippen molar-refractivity contribution in [3.8, 4) is 11.1 Å². The Kier molecular flexibility index (Phi) is 2.41. The van der Waals surface area contributed by atoms with Crippen molar-refractivity contribution >= 4 is 5.88 Å². The zero-order valence-electron chi connectivity index (χ0n) is 8.33. The van der Waals surface area contributed by atoms with E-state index in [4.69, 9.17) is 10.3 Å². The Morgan fingerprint density at radius 3 is 2.80 bits per heavy atom. The summed E-state index contributed by atoms with van der Waals surface area (Å²) >= 11 is 0. The van der Waals surface area contributed by atoms with Gasteiger partial charge in [0.25, 0.3) is 0 Å². The van der Waals surface area contributed by atoms with Gasteiger partial charge in [-0.3, -0.25) is 0 Å². The van der Waals surface area contributed by atoms with Crippen LogP contribution in [0, 0.1) is 6.92 Å². The molecule has 15 heavy (non-hydrogen) atoms. The van der Waals surface area contributed by atoms with Crippen LogP contribution in [0.3, 0.4) is 0 Å². The molecule has 0 aliphatic heterocycles. The molecule has 0 unspecified atom stereocenters. The molecule has 0 bridgehead atoms. The van der Waals surface area contributed by atoms with Crippen molar-refractivity contribution in [1.82, 2.24) is 5.16 Å². The van der Waals surface area contributed by atoms with Crippen LogP contribution in [0.4, 0.5) is 10.3 Å². The Bertz CT molecular complexity index is 479. The van der Waals surface area contributed by atoms with E-state index in [1.54, 1.807) is 18.3 Å². The van der Waals surface area contributed by atoms with E-state index in [0.29, 0.717) is 11.1 Å². The van der Waals surface area contributed by atoms with Gasteiger partial charge in [0.1, 0.15) is 6.67 Å². The monoisotopic (exact) mass is 206 g/mol. The molecule has 2 N–H and O–H groups in total. The molecule has 2 aromatic rings. The van der Waals surface area contributed by atoms with Crippen LogP contribution in [0.15, 0.2) is 28.9 Å². The number of nitrogen functional groups attached to an aromatic ring is 1. The van der Waals surface area contributed by atoms with Gasteiger partial charge in [-0.2, -0.15) is 0 Å². The standard InChI is InChI=1S/C11H11FN2O/c1-7-2-3-8(5-12)4-9(7)10-6-14-15-11(10)13/h2-4,6H,5,13H2,1H3. The molecule has 0 aliphatic rings. The van der Waals surface area contributed by atoms with E-state index in [0.717, 1.165) is 11.1 Å². The molecule has 1 aromatic carbocycles. The van der Waals surface area contributed by atoms with Gasteiger partial charge >= 0.3 is 0 Å². The largest absolute Gasteiger partial charge is 0.367 e. The molecule has 1 aromatic heterocycles. The molecule has 0 amide bonds. The number of aryl methyl sites for hydroxylation is 1. The minimum atomic E-state index is -0.488. The van der Waals surface area contributed by atoms with Gasteiger partial charge in [0.2, 0.25) is 5.88 Å². The number of benzene rings is 1. The Labute approximate surface area is 86.7 Å². The number of hydrogen-bond donors (Lipinski definition) is 1. The normalized spacial score (nSPS) is 10.5. The lowest BCUT2D eigenvalue weighted by molar-refractivity contribution is 0.436. The fourth-order valence-electron chi connectivity index (χ4n) is 1.49. The van der Waals surface area contributed by atoms with E-state index in [1.165, 1.54) is 0 Å². The summed E-state index contributed by atoms with van der Waals surface area (Å²) in [4.78, 5) is 0. The first-order valence-electron chi connectivity index (χ1n) is 4.58. The highest BCUT2D eigenvalue weighted by Gasteiger charge is 2.10. The lowest BCUT2D eigenvalue weighted by Gasteiger charge is -2.05. The van der Waals surface area contributed by atoms with Crippen LogP contribution in [0.5, 0.6) is 0 Å². The van der Waals surface area contributed by atoms with E-state index in [9.17, 15) is 4.39 Å². The fourth-order valence-corrected chi connectivity index (χ4v) is 1.49. The lowest BCUT2D eigenvalue weighted by Crippen LogP contribution is -1.89. The summed E-state index contributed by atoms with van der Waals surface area (Å²) in [5.74, 6) is 0.258. The lowest BCUT2D eigenvalue weighted by atomic mass is 10.0. The molecule has 0 saturated heterocycles. The first kappa shape index (κ1) is 9.71. The molecule has 1 heterocycles. The minimum absolute atomic E-state index is 0.258. The number of rotatable bonds is 2. The van der Waals surface area contributed by atoms with Crippen LogP contribution in [0.25, 0.3) is 11.1 Å². The third kappa shape index (κ3) is 1.70. The zero-order chi connectivity index (χ0) is 10.8. The summed E-state index contributed by atoms with van der Waals surface area (Å²) in [6.07, 6.45) is 1.54. The van der Waals surface area contributed by atoms with Gasteiger partial charge in [0.15, 0.2) is 0 Å². The molecule has 0 radical (unpaired) electrons. The molecule has 78 valence electrons. The van der Waals surface area contributed by atoms with Crippen LogP contribution in [-0.2, 0) is 6.67 Å². The van der Waals surface area contributed by atoms with E-state index in [-0.39, 0.29) is 5.88 Å². The van der Waals surface area contributed by atoms with Crippen LogP contribution in [-0.4, -0.2) is 5.16 Å². The maximum atomic E-state index is 12.5. The van der Waals surface area contributed by atoms with Gasteiger partial charge in [-0.05, 0) is 29.7 Å². The van der Waals surface area contributed by atoms with Crippen molar-refractivity contribution < 1.29 is 8.91 Å². The van der Waals surface area contributed by atoms with E-state index in [2.05, 4.69) is 5.16 Å². The predicted molar refractivity (Wildman–Crippen MR) is 55.9 cm³/mol. The third-order valence-electron chi connectivity index (χ3n) is 2.34. The topological polar surface area (TPSA) is 52.0 Å². The molecule has 0 atom stereocenters. The Balaban J connectivity index is 2.56. The molecule has 0 aliphatic carbocycles. The second-order valence-corrected chi connectivity index (χ2v) is 3.39. The fraction of sp³-hybridized carbons (Fsp3) is 0.182. The zero-order valence-corrected chi connectivity index (χ0v) is 8.33. The van der Waals surface area contributed by atoms with Gasteiger partial charge in [-0.15, -0.1) is 0 Å². The van der Waals surface area contributed by atoms with Crippen LogP contribution < -0.4 is 5.73 Å². The third-order valence-corrected chi connectivity index (χ3v) is 2.34. The number of hydrogen-bond acceptors (Lipinski definition) is 3. The molecule has 0 spiro atoms. The van der Waals surface area contributed by atoms with Crippen molar-refractivity contribution in [2.75, 3.05) is 5.73 Å². The number of alkyl halides is 1. The molecule has 3 nitrogen and oxygen atoms in total. The summed E-state index contributed by atoms with van der Waals surface area (Å²) < 4.78 is 17.3. The Morgan fingerprint density at radius 1 is 1.40 bits per heavy atom. The van der Waals surface area contributed by atoms with Crippen LogP contribution in [0.2, 0.25) is 0 Å². The molecule has 2 rings (SSSR count). The SMILES string of the molecule is Cc1ccc(CF)cc1-c1cnoc1N. The first-order valence-corrected chi connectivity index (χ1v) is 4.58. The Hall–Kier alpha value is -1.84. The van der Waals surface area contributed by atoms with E-state index >= 15 is 0 Å². The molecule has 4 heteroatoms.